The number of para-hydroxylation sites is 1. The van der Waals surface area contributed by atoms with Crippen LogP contribution >= 0.6 is 11.8 Å². The van der Waals surface area contributed by atoms with Crippen LogP contribution in [0.5, 0.6) is 0 Å². The summed E-state index contributed by atoms with van der Waals surface area (Å²) in [5, 5.41) is 3.24. The van der Waals surface area contributed by atoms with Crippen molar-refractivity contribution < 1.29 is 4.79 Å². The summed E-state index contributed by atoms with van der Waals surface area (Å²) in [6, 6.07) is 5.83. The van der Waals surface area contributed by atoms with Gasteiger partial charge in [-0.05, 0) is 23.4 Å². The number of carbonyl (C=O) groups excluding carboxylic acids is 1. The molecule has 0 saturated heterocycles. The Labute approximate surface area is 80.7 Å². The largest absolute Gasteiger partial charge is 0.376 e. The number of nitrogens with one attached hydrogen (secondary N) is 1. The van der Waals surface area contributed by atoms with Crippen LogP contribution in [0.2, 0.25) is 0 Å². The fraction of sp³-hybridized carbons (Fsp3) is 0.222. The number of carbonyl (C=O) groups is 1. The first-order valence-electron chi connectivity index (χ1n) is 4.08. The van der Waals surface area contributed by atoms with Gasteiger partial charge >= 0.3 is 0 Å². The highest BCUT2D eigenvalue weighted by molar-refractivity contribution is 8.14. The van der Waals surface area contributed by atoms with E-state index in [0.29, 0.717) is 13.1 Å². The molecule has 0 unspecified atom stereocenters. The number of benzene rings is 1. The maximum atomic E-state index is 11.1. The first-order valence-corrected chi connectivity index (χ1v) is 4.89. The summed E-state index contributed by atoms with van der Waals surface area (Å²) < 4.78 is 0. The van der Waals surface area contributed by atoms with E-state index in [9.17, 15) is 4.79 Å². The van der Waals surface area contributed by atoms with Gasteiger partial charge in [-0.1, -0.05) is 12.1 Å². The predicted octanol–water partition coefficient (Wildman–Crippen LogP) is 1.19. The molecule has 1 aromatic carbocycles. The van der Waals surface area contributed by atoms with E-state index >= 15 is 0 Å². The molecule has 0 spiro atoms. The molecule has 0 aromatic heterocycles. The van der Waals surface area contributed by atoms with Crippen molar-refractivity contribution >= 4 is 22.6 Å². The van der Waals surface area contributed by atoms with Crippen molar-refractivity contribution in [2.75, 3.05) is 11.9 Å². The molecule has 3 N–H and O–H groups in total. The highest BCUT2D eigenvalue weighted by Gasteiger charge is 2.17. The van der Waals surface area contributed by atoms with Gasteiger partial charge in [0.25, 0.3) is 0 Å². The molecule has 3 nitrogen and oxygen atoms in total. The predicted molar refractivity (Wildman–Crippen MR) is 53.7 cm³/mol. The van der Waals surface area contributed by atoms with Crippen molar-refractivity contribution in [2.45, 2.75) is 11.4 Å². The summed E-state index contributed by atoms with van der Waals surface area (Å²) in [6.45, 7) is 0.902. The standard InChI is InChI=1S/C9H10N2OS/c10-4-6-2-1-3-7-9(6)11-5-8(12)13-7/h1-3,11H,4-5,10H2. The molecule has 1 heterocycles. The highest BCUT2D eigenvalue weighted by atomic mass is 32.2. The summed E-state index contributed by atoms with van der Waals surface area (Å²) in [7, 11) is 0. The van der Waals surface area contributed by atoms with Gasteiger partial charge in [0.1, 0.15) is 0 Å². The van der Waals surface area contributed by atoms with Crippen molar-refractivity contribution in [3.63, 3.8) is 0 Å². The second-order valence-electron chi connectivity index (χ2n) is 2.82. The van der Waals surface area contributed by atoms with Crippen molar-refractivity contribution in [2.24, 2.45) is 5.73 Å². The van der Waals surface area contributed by atoms with Gasteiger partial charge < -0.3 is 11.1 Å². The van der Waals surface area contributed by atoms with Gasteiger partial charge in [0.2, 0.25) is 5.12 Å². The van der Waals surface area contributed by atoms with Gasteiger partial charge in [-0.15, -0.1) is 0 Å². The van der Waals surface area contributed by atoms with E-state index in [4.69, 9.17) is 5.73 Å². The average molecular weight is 194 g/mol. The zero-order valence-corrected chi connectivity index (χ0v) is 7.86. The third-order valence-electron chi connectivity index (χ3n) is 1.97. The summed E-state index contributed by atoms with van der Waals surface area (Å²) in [6.07, 6.45) is 0. The van der Waals surface area contributed by atoms with E-state index in [1.807, 2.05) is 18.2 Å². The third kappa shape index (κ3) is 1.55. The fourth-order valence-electron chi connectivity index (χ4n) is 1.35. The van der Waals surface area contributed by atoms with E-state index in [1.54, 1.807) is 0 Å². The number of rotatable bonds is 1. The Morgan fingerprint density at radius 1 is 1.54 bits per heavy atom. The normalized spacial score (nSPS) is 15.0. The quantitative estimate of drug-likeness (QED) is 0.705. The lowest BCUT2D eigenvalue weighted by Gasteiger charge is -2.18. The van der Waals surface area contributed by atoms with Crippen molar-refractivity contribution in [3.05, 3.63) is 23.8 Å². The molecule has 13 heavy (non-hydrogen) atoms. The Kier molecular flexibility index (Phi) is 2.24. The molecule has 0 amide bonds. The number of fused-ring (bicyclic) bond motifs is 1. The van der Waals surface area contributed by atoms with Gasteiger partial charge in [0, 0.05) is 11.4 Å². The number of nitrogens with two attached hydrogens (primary N) is 1. The molecule has 0 aliphatic carbocycles. The maximum absolute atomic E-state index is 11.1. The molecule has 1 aliphatic heterocycles. The molecule has 0 radical (unpaired) electrons. The molecule has 2 rings (SSSR count). The van der Waals surface area contributed by atoms with Gasteiger partial charge in [0.15, 0.2) is 0 Å². The van der Waals surface area contributed by atoms with E-state index in [-0.39, 0.29) is 5.12 Å². The lowest BCUT2D eigenvalue weighted by molar-refractivity contribution is -0.109. The number of thioether (sulfide) groups is 1. The molecule has 1 aliphatic rings. The molecule has 0 fully saturated rings. The third-order valence-corrected chi connectivity index (χ3v) is 2.90. The Morgan fingerprint density at radius 2 is 2.38 bits per heavy atom. The van der Waals surface area contributed by atoms with Crippen LogP contribution in [0.25, 0.3) is 0 Å². The van der Waals surface area contributed by atoms with E-state index in [1.165, 1.54) is 11.8 Å². The summed E-state index contributed by atoms with van der Waals surface area (Å²) in [5.41, 5.74) is 7.66. The first kappa shape index (κ1) is 8.59. The molecular formula is C9H10N2OS. The van der Waals surface area contributed by atoms with Crippen LogP contribution in [0.3, 0.4) is 0 Å². The van der Waals surface area contributed by atoms with E-state index in [0.717, 1.165) is 16.1 Å². The zero-order valence-electron chi connectivity index (χ0n) is 7.04. The Bertz CT molecular complexity index is 351. The van der Waals surface area contributed by atoms with Gasteiger partial charge in [-0.2, -0.15) is 0 Å². The smallest absolute Gasteiger partial charge is 0.212 e. The highest BCUT2D eigenvalue weighted by Crippen LogP contribution is 2.33. The van der Waals surface area contributed by atoms with Gasteiger partial charge in [-0.25, -0.2) is 0 Å². The summed E-state index contributed by atoms with van der Waals surface area (Å²) in [4.78, 5) is 12.1. The molecule has 0 atom stereocenters. The van der Waals surface area contributed by atoms with E-state index < -0.39 is 0 Å². The second-order valence-corrected chi connectivity index (χ2v) is 3.92. The van der Waals surface area contributed by atoms with E-state index in [2.05, 4.69) is 5.32 Å². The summed E-state index contributed by atoms with van der Waals surface area (Å²) in [5.74, 6) is 0. The molecule has 68 valence electrons. The van der Waals surface area contributed by atoms with Gasteiger partial charge in [0.05, 0.1) is 12.2 Å². The van der Waals surface area contributed by atoms with Crippen molar-refractivity contribution in [1.29, 1.82) is 0 Å². The summed E-state index contributed by atoms with van der Waals surface area (Å²) >= 11 is 1.28. The number of hydrogen-bond donors (Lipinski definition) is 2. The minimum Gasteiger partial charge on any atom is -0.376 e. The van der Waals surface area contributed by atoms with Crippen LogP contribution in [0.4, 0.5) is 5.69 Å². The molecule has 4 heteroatoms. The molecular weight excluding hydrogens is 184 g/mol. The molecule has 1 aromatic rings. The van der Waals surface area contributed by atoms with Crippen LogP contribution in [0.15, 0.2) is 23.1 Å². The average Bonchev–Trinajstić information content (AvgIpc) is 2.16. The Morgan fingerprint density at radius 3 is 3.15 bits per heavy atom. The van der Waals surface area contributed by atoms with Crippen LogP contribution in [0.1, 0.15) is 5.56 Å². The topological polar surface area (TPSA) is 55.1 Å². The molecule has 0 bridgehead atoms. The van der Waals surface area contributed by atoms with Crippen LogP contribution in [0, 0.1) is 0 Å². The minimum absolute atomic E-state index is 0.154. The van der Waals surface area contributed by atoms with Crippen molar-refractivity contribution in [3.8, 4) is 0 Å². The zero-order chi connectivity index (χ0) is 9.26. The monoisotopic (exact) mass is 194 g/mol. The lowest BCUT2D eigenvalue weighted by atomic mass is 10.2. The fourth-order valence-corrected chi connectivity index (χ4v) is 2.19. The second kappa shape index (κ2) is 3.40. The van der Waals surface area contributed by atoms with Gasteiger partial charge in [-0.3, -0.25) is 4.79 Å². The minimum atomic E-state index is 0.154. The number of anilines is 1. The lowest BCUT2D eigenvalue weighted by Crippen LogP contribution is -2.18. The maximum Gasteiger partial charge on any atom is 0.212 e. The Hall–Kier alpha value is -1.000. The van der Waals surface area contributed by atoms with Crippen molar-refractivity contribution in [1.82, 2.24) is 0 Å². The molecule has 0 saturated carbocycles. The van der Waals surface area contributed by atoms with Crippen LogP contribution < -0.4 is 11.1 Å². The number of hydrogen-bond acceptors (Lipinski definition) is 4. The van der Waals surface area contributed by atoms with Crippen LogP contribution in [-0.2, 0) is 11.3 Å². The SMILES string of the molecule is NCc1cccc2c1NCC(=O)S2. The first-order chi connectivity index (χ1) is 6.31. The Balaban J connectivity index is 2.45. The van der Waals surface area contributed by atoms with Crippen LogP contribution in [-0.4, -0.2) is 11.7 Å².